The van der Waals surface area contributed by atoms with Gasteiger partial charge in [0.15, 0.2) is 0 Å². The van der Waals surface area contributed by atoms with Crippen LogP contribution in [-0.4, -0.2) is 11.9 Å². The average Bonchev–Trinajstić information content (AvgIpc) is 2.70. The summed E-state index contributed by atoms with van der Waals surface area (Å²) in [5.41, 5.74) is 3.49. The zero-order valence-electron chi connectivity index (χ0n) is 14.8. The first-order valence-corrected chi connectivity index (χ1v) is 9.33. The minimum atomic E-state index is -0.772. The van der Waals surface area contributed by atoms with E-state index in [9.17, 15) is 14.0 Å². The molecule has 3 aromatic rings. The van der Waals surface area contributed by atoms with E-state index in [2.05, 4.69) is 15.9 Å². The van der Waals surface area contributed by atoms with Gasteiger partial charge in [-0.2, -0.15) is 0 Å². The lowest BCUT2D eigenvalue weighted by Gasteiger charge is -2.04. The summed E-state index contributed by atoms with van der Waals surface area (Å²) in [5.74, 6) is -1.80. The van der Waals surface area contributed by atoms with Crippen molar-refractivity contribution in [2.75, 3.05) is 0 Å². The molecule has 0 saturated heterocycles. The van der Waals surface area contributed by atoms with E-state index in [1.165, 1.54) is 24.3 Å². The minimum absolute atomic E-state index is 0.00323. The molecular formula is C23H16BrFO3. The van der Waals surface area contributed by atoms with Gasteiger partial charge in [-0.1, -0.05) is 60.7 Å². The molecule has 3 aromatic carbocycles. The van der Waals surface area contributed by atoms with Crippen LogP contribution in [0.25, 0.3) is 17.2 Å². The number of ether oxygens (including phenoxy) is 1. The molecule has 0 spiro atoms. The maximum atomic E-state index is 13.2. The Morgan fingerprint density at radius 2 is 1.61 bits per heavy atom. The molecule has 5 heteroatoms. The Kier molecular flexibility index (Phi) is 6.50. The van der Waals surface area contributed by atoms with Crippen LogP contribution in [0.5, 0.6) is 0 Å². The Morgan fingerprint density at radius 1 is 0.929 bits per heavy atom. The minimum Gasteiger partial charge on any atom is -0.390 e. The summed E-state index contributed by atoms with van der Waals surface area (Å²) in [6.07, 6.45) is 2.58. The second-order valence-electron chi connectivity index (χ2n) is 6.04. The molecule has 0 fully saturated rings. The van der Waals surface area contributed by atoms with Gasteiger partial charge in [0.2, 0.25) is 0 Å². The number of hydrogen-bond donors (Lipinski definition) is 0. The van der Waals surface area contributed by atoms with Gasteiger partial charge in [-0.05, 0) is 56.4 Å². The van der Waals surface area contributed by atoms with Gasteiger partial charge in [-0.15, -0.1) is 0 Å². The van der Waals surface area contributed by atoms with E-state index in [1.807, 2.05) is 54.6 Å². The van der Waals surface area contributed by atoms with Gasteiger partial charge >= 0.3 is 11.9 Å². The number of carbonyl (C=O) groups is 2. The summed E-state index contributed by atoms with van der Waals surface area (Å²) in [7, 11) is 0. The van der Waals surface area contributed by atoms with E-state index in [4.69, 9.17) is 4.74 Å². The van der Waals surface area contributed by atoms with Crippen molar-refractivity contribution in [3.05, 3.63) is 100 Å². The molecule has 0 aromatic heterocycles. The van der Waals surface area contributed by atoms with Crippen LogP contribution in [0.2, 0.25) is 0 Å². The highest BCUT2D eigenvalue weighted by Crippen LogP contribution is 2.20. The topological polar surface area (TPSA) is 43.4 Å². The van der Waals surface area contributed by atoms with E-state index in [1.54, 1.807) is 0 Å². The summed E-state index contributed by atoms with van der Waals surface area (Å²) in [5, 5.41) is 0. The summed E-state index contributed by atoms with van der Waals surface area (Å²) in [4.78, 5) is 23.7. The van der Waals surface area contributed by atoms with Crippen molar-refractivity contribution >= 4 is 33.9 Å². The summed E-state index contributed by atoms with van der Waals surface area (Å²) in [6, 6.07) is 21.7. The van der Waals surface area contributed by atoms with Gasteiger partial charge in [0, 0.05) is 6.08 Å². The molecule has 0 aliphatic carbocycles. The summed E-state index contributed by atoms with van der Waals surface area (Å²) in [6.45, 7) is 0. The highest BCUT2D eigenvalue weighted by molar-refractivity contribution is 9.10. The molecule has 0 bridgehead atoms. The van der Waals surface area contributed by atoms with Gasteiger partial charge < -0.3 is 4.74 Å². The summed E-state index contributed by atoms with van der Waals surface area (Å²) >= 11 is 3.07. The lowest BCUT2D eigenvalue weighted by molar-refractivity contribution is -0.155. The molecular weight excluding hydrogens is 423 g/mol. The third-order valence-electron chi connectivity index (χ3n) is 3.98. The number of halogens is 2. The van der Waals surface area contributed by atoms with Crippen LogP contribution < -0.4 is 0 Å². The molecule has 0 atom stereocenters. The van der Waals surface area contributed by atoms with Crippen molar-refractivity contribution in [1.82, 2.24) is 0 Å². The number of hydrogen-bond acceptors (Lipinski definition) is 3. The van der Waals surface area contributed by atoms with E-state index in [0.29, 0.717) is 5.56 Å². The molecule has 0 N–H and O–H groups in total. The van der Waals surface area contributed by atoms with Crippen molar-refractivity contribution in [3.63, 3.8) is 0 Å². The molecule has 0 aliphatic heterocycles. The van der Waals surface area contributed by atoms with Gasteiger partial charge in [0.25, 0.3) is 0 Å². The van der Waals surface area contributed by atoms with Crippen molar-refractivity contribution in [3.8, 4) is 11.1 Å². The van der Waals surface area contributed by atoms with Gasteiger partial charge in [0.05, 0.1) is 10.9 Å². The standard InChI is InChI=1S/C23H16BrFO3/c24-20-14-16(8-12-21(20)25)9-13-22(26)28-23(27)15-17-6-10-19(11-7-17)18-4-2-1-3-5-18/h1-14H,15H2/b13-9+. The maximum absolute atomic E-state index is 13.2. The lowest BCUT2D eigenvalue weighted by Crippen LogP contribution is -2.12. The zero-order valence-corrected chi connectivity index (χ0v) is 16.4. The Bertz CT molecular complexity index is 1010. The normalized spacial score (nSPS) is 10.8. The predicted molar refractivity (Wildman–Crippen MR) is 110 cm³/mol. The Balaban J connectivity index is 1.55. The average molecular weight is 439 g/mol. The molecule has 0 saturated carbocycles. The second-order valence-corrected chi connectivity index (χ2v) is 6.89. The van der Waals surface area contributed by atoms with E-state index in [-0.39, 0.29) is 10.9 Å². The van der Waals surface area contributed by atoms with Crippen LogP contribution >= 0.6 is 15.9 Å². The van der Waals surface area contributed by atoms with Crippen LogP contribution in [0.3, 0.4) is 0 Å². The predicted octanol–water partition coefficient (Wildman–Crippen LogP) is 5.58. The maximum Gasteiger partial charge on any atom is 0.338 e. The molecule has 28 heavy (non-hydrogen) atoms. The molecule has 140 valence electrons. The molecule has 0 radical (unpaired) electrons. The number of carbonyl (C=O) groups excluding carboxylic acids is 2. The number of esters is 2. The quantitative estimate of drug-likeness (QED) is 0.296. The van der Waals surface area contributed by atoms with Crippen LogP contribution in [-0.2, 0) is 20.7 Å². The monoisotopic (exact) mass is 438 g/mol. The zero-order chi connectivity index (χ0) is 19.9. The molecule has 0 unspecified atom stereocenters. The fraction of sp³-hybridized carbons (Fsp3) is 0.0435. The first-order chi connectivity index (χ1) is 13.5. The Morgan fingerprint density at radius 3 is 2.29 bits per heavy atom. The van der Waals surface area contributed by atoms with Crippen LogP contribution in [0.15, 0.2) is 83.3 Å². The lowest BCUT2D eigenvalue weighted by atomic mass is 10.0. The Hall–Kier alpha value is -3.05. The van der Waals surface area contributed by atoms with Crippen LogP contribution in [0.1, 0.15) is 11.1 Å². The van der Waals surface area contributed by atoms with Crippen LogP contribution in [0.4, 0.5) is 4.39 Å². The van der Waals surface area contributed by atoms with Crippen molar-refractivity contribution in [2.24, 2.45) is 0 Å². The first kappa shape index (κ1) is 19.7. The van der Waals surface area contributed by atoms with Crippen molar-refractivity contribution in [1.29, 1.82) is 0 Å². The van der Waals surface area contributed by atoms with E-state index in [0.717, 1.165) is 22.8 Å². The fourth-order valence-electron chi connectivity index (χ4n) is 2.57. The largest absolute Gasteiger partial charge is 0.390 e. The second kappa shape index (κ2) is 9.24. The van der Waals surface area contributed by atoms with E-state index < -0.39 is 17.8 Å². The van der Waals surface area contributed by atoms with Gasteiger partial charge in [-0.3, -0.25) is 4.79 Å². The fourth-order valence-corrected chi connectivity index (χ4v) is 2.97. The number of rotatable bonds is 5. The number of benzene rings is 3. The third kappa shape index (κ3) is 5.47. The van der Waals surface area contributed by atoms with Crippen LogP contribution in [0, 0.1) is 5.82 Å². The van der Waals surface area contributed by atoms with Crippen molar-refractivity contribution < 1.29 is 18.7 Å². The smallest absolute Gasteiger partial charge is 0.338 e. The SMILES string of the molecule is O=C(/C=C/c1ccc(F)c(Br)c1)OC(=O)Cc1ccc(-c2ccccc2)cc1. The van der Waals surface area contributed by atoms with E-state index >= 15 is 0 Å². The highest BCUT2D eigenvalue weighted by Gasteiger charge is 2.09. The molecule has 0 amide bonds. The summed E-state index contributed by atoms with van der Waals surface area (Å²) < 4.78 is 18.3. The molecule has 3 nitrogen and oxygen atoms in total. The van der Waals surface area contributed by atoms with Crippen molar-refractivity contribution in [2.45, 2.75) is 6.42 Å². The Labute approximate surface area is 170 Å². The third-order valence-corrected chi connectivity index (χ3v) is 4.59. The molecule has 0 heterocycles. The molecule has 3 rings (SSSR count). The van der Waals surface area contributed by atoms with Gasteiger partial charge in [-0.25, -0.2) is 9.18 Å². The first-order valence-electron chi connectivity index (χ1n) is 8.53. The molecule has 0 aliphatic rings. The highest BCUT2D eigenvalue weighted by atomic mass is 79.9. The van der Waals surface area contributed by atoms with Gasteiger partial charge in [0.1, 0.15) is 5.82 Å².